The van der Waals surface area contributed by atoms with E-state index in [0.29, 0.717) is 6.04 Å². The lowest BCUT2D eigenvalue weighted by atomic mass is 9.97. The van der Waals surface area contributed by atoms with Crippen LogP contribution in [0.15, 0.2) is 0 Å². The molecule has 4 unspecified atom stereocenters. The minimum absolute atomic E-state index is 0.175. The van der Waals surface area contributed by atoms with E-state index < -0.39 is 6.10 Å². The molecule has 0 spiro atoms. The van der Waals surface area contributed by atoms with Crippen molar-refractivity contribution < 1.29 is 5.11 Å². The van der Waals surface area contributed by atoms with E-state index in [2.05, 4.69) is 5.32 Å². The lowest BCUT2D eigenvalue weighted by Gasteiger charge is -2.35. The Labute approximate surface area is 60.6 Å². The fourth-order valence-electron chi connectivity index (χ4n) is 1.31. The van der Waals surface area contributed by atoms with Gasteiger partial charge in [-0.15, -0.1) is 0 Å². The van der Waals surface area contributed by atoms with Gasteiger partial charge in [-0.25, -0.2) is 0 Å². The van der Waals surface area contributed by atoms with Gasteiger partial charge in [-0.1, -0.05) is 0 Å². The highest BCUT2D eigenvalue weighted by Crippen LogP contribution is 2.08. The van der Waals surface area contributed by atoms with Gasteiger partial charge in [-0.2, -0.15) is 0 Å². The summed E-state index contributed by atoms with van der Waals surface area (Å²) in [6.07, 6.45) is -0.176. The standard InChI is InChI=1S/C6H15N3O/c1-3-2-4(7)5(10)6(8)9-3/h3-6,9-10H,2,7-8H2,1H3. The topological polar surface area (TPSA) is 84.3 Å². The molecule has 10 heavy (non-hydrogen) atoms. The lowest BCUT2D eigenvalue weighted by molar-refractivity contribution is 0.0655. The quantitative estimate of drug-likeness (QED) is 0.329. The minimum atomic E-state index is -0.601. The average molecular weight is 145 g/mol. The predicted molar refractivity (Wildman–Crippen MR) is 39.2 cm³/mol. The van der Waals surface area contributed by atoms with Crippen molar-refractivity contribution in [3.05, 3.63) is 0 Å². The summed E-state index contributed by atoms with van der Waals surface area (Å²) in [7, 11) is 0. The summed E-state index contributed by atoms with van der Waals surface area (Å²) in [5, 5.41) is 12.3. The average Bonchev–Trinajstić information content (AvgIpc) is 1.82. The third-order valence-electron chi connectivity index (χ3n) is 1.91. The molecule has 0 bridgehead atoms. The lowest BCUT2D eigenvalue weighted by Crippen LogP contribution is -2.62. The number of nitrogens with two attached hydrogens (primary N) is 2. The monoisotopic (exact) mass is 145 g/mol. The van der Waals surface area contributed by atoms with Crippen LogP contribution in [0.1, 0.15) is 13.3 Å². The number of rotatable bonds is 0. The van der Waals surface area contributed by atoms with Crippen LogP contribution in [0.4, 0.5) is 0 Å². The zero-order chi connectivity index (χ0) is 7.72. The van der Waals surface area contributed by atoms with Crippen LogP contribution in [0, 0.1) is 0 Å². The van der Waals surface area contributed by atoms with Crippen molar-refractivity contribution in [2.75, 3.05) is 0 Å². The second-order valence-electron chi connectivity index (χ2n) is 2.98. The Morgan fingerprint density at radius 2 is 2.10 bits per heavy atom. The van der Waals surface area contributed by atoms with Gasteiger partial charge in [0.05, 0.1) is 12.3 Å². The van der Waals surface area contributed by atoms with Gasteiger partial charge >= 0.3 is 0 Å². The van der Waals surface area contributed by atoms with Crippen molar-refractivity contribution in [1.82, 2.24) is 5.32 Å². The molecule has 4 atom stereocenters. The maximum atomic E-state index is 9.25. The van der Waals surface area contributed by atoms with Crippen LogP contribution in [0.5, 0.6) is 0 Å². The minimum Gasteiger partial charge on any atom is -0.388 e. The maximum Gasteiger partial charge on any atom is 0.0973 e. The van der Waals surface area contributed by atoms with Gasteiger partial charge in [-0.3, -0.25) is 5.32 Å². The van der Waals surface area contributed by atoms with Gasteiger partial charge in [0.15, 0.2) is 0 Å². The summed E-state index contributed by atoms with van der Waals surface area (Å²) < 4.78 is 0. The molecule has 6 N–H and O–H groups in total. The maximum absolute atomic E-state index is 9.25. The van der Waals surface area contributed by atoms with Crippen LogP contribution in [0.2, 0.25) is 0 Å². The van der Waals surface area contributed by atoms with E-state index in [0.717, 1.165) is 6.42 Å². The summed E-state index contributed by atoms with van der Waals surface area (Å²) in [4.78, 5) is 0. The highest BCUT2D eigenvalue weighted by molar-refractivity contribution is 4.89. The number of hydrogen-bond acceptors (Lipinski definition) is 4. The third-order valence-corrected chi connectivity index (χ3v) is 1.91. The van der Waals surface area contributed by atoms with E-state index in [-0.39, 0.29) is 12.2 Å². The third kappa shape index (κ3) is 1.46. The van der Waals surface area contributed by atoms with E-state index in [1.54, 1.807) is 0 Å². The molecular weight excluding hydrogens is 130 g/mol. The number of piperidine rings is 1. The second-order valence-corrected chi connectivity index (χ2v) is 2.98. The zero-order valence-corrected chi connectivity index (χ0v) is 6.12. The summed E-state index contributed by atoms with van der Waals surface area (Å²) in [5.41, 5.74) is 11.1. The molecule has 1 aliphatic heterocycles. The Hall–Kier alpha value is -0.160. The van der Waals surface area contributed by atoms with Crippen LogP contribution in [-0.4, -0.2) is 29.5 Å². The van der Waals surface area contributed by atoms with Crippen molar-refractivity contribution in [2.24, 2.45) is 11.5 Å². The molecule has 60 valence electrons. The highest BCUT2D eigenvalue weighted by atomic mass is 16.3. The molecule has 0 aromatic rings. The smallest absolute Gasteiger partial charge is 0.0973 e. The van der Waals surface area contributed by atoms with Crippen molar-refractivity contribution >= 4 is 0 Å². The SMILES string of the molecule is CC1CC(N)C(O)C(N)N1. The van der Waals surface area contributed by atoms with Gasteiger partial charge in [-0.05, 0) is 13.3 Å². The highest BCUT2D eigenvalue weighted by Gasteiger charge is 2.29. The largest absolute Gasteiger partial charge is 0.388 e. The molecule has 4 nitrogen and oxygen atoms in total. The van der Waals surface area contributed by atoms with Crippen LogP contribution in [-0.2, 0) is 0 Å². The molecule has 1 aliphatic rings. The Bertz CT molecular complexity index is 108. The Balaban J connectivity index is 2.49. The number of hydrogen-bond donors (Lipinski definition) is 4. The first-order valence-electron chi connectivity index (χ1n) is 3.56. The van der Waals surface area contributed by atoms with Crippen molar-refractivity contribution in [1.29, 1.82) is 0 Å². The van der Waals surface area contributed by atoms with Crippen molar-refractivity contribution in [2.45, 2.75) is 37.7 Å². The van der Waals surface area contributed by atoms with Crippen LogP contribution < -0.4 is 16.8 Å². The molecular formula is C6H15N3O. The van der Waals surface area contributed by atoms with Crippen LogP contribution in [0.3, 0.4) is 0 Å². The first-order valence-corrected chi connectivity index (χ1v) is 3.56. The van der Waals surface area contributed by atoms with E-state index in [1.165, 1.54) is 0 Å². The van der Waals surface area contributed by atoms with Gasteiger partial charge < -0.3 is 16.6 Å². The Kier molecular flexibility index (Phi) is 2.25. The van der Waals surface area contributed by atoms with E-state index in [4.69, 9.17) is 11.5 Å². The van der Waals surface area contributed by atoms with Gasteiger partial charge in [0.2, 0.25) is 0 Å². The van der Waals surface area contributed by atoms with Crippen LogP contribution in [0.25, 0.3) is 0 Å². The Morgan fingerprint density at radius 3 is 2.60 bits per heavy atom. The molecule has 0 aliphatic carbocycles. The number of aliphatic hydroxyl groups excluding tert-OH is 1. The normalized spacial score (nSPS) is 49.2. The summed E-state index contributed by atoms with van der Waals surface area (Å²) >= 11 is 0. The second kappa shape index (κ2) is 2.84. The van der Waals surface area contributed by atoms with E-state index >= 15 is 0 Å². The summed E-state index contributed by atoms with van der Waals surface area (Å²) in [6, 6.07) is 0.139. The predicted octanol–water partition coefficient (Wildman–Crippen LogP) is -1.66. The first-order chi connectivity index (χ1) is 4.61. The molecule has 4 heteroatoms. The first kappa shape index (κ1) is 7.94. The summed E-state index contributed by atoms with van der Waals surface area (Å²) in [6.45, 7) is 2.01. The van der Waals surface area contributed by atoms with E-state index in [9.17, 15) is 5.11 Å². The molecule has 1 rings (SSSR count). The Morgan fingerprint density at radius 1 is 1.50 bits per heavy atom. The molecule has 0 aromatic carbocycles. The van der Waals surface area contributed by atoms with Crippen molar-refractivity contribution in [3.8, 4) is 0 Å². The fourth-order valence-corrected chi connectivity index (χ4v) is 1.31. The van der Waals surface area contributed by atoms with E-state index in [1.807, 2.05) is 6.92 Å². The zero-order valence-electron chi connectivity index (χ0n) is 6.12. The molecule has 0 amide bonds. The number of aliphatic hydroxyl groups is 1. The molecule has 1 fully saturated rings. The fraction of sp³-hybridized carbons (Fsp3) is 1.00. The van der Waals surface area contributed by atoms with Gasteiger partial charge in [0.25, 0.3) is 0 Å². The molecule has 0 radical (unpaired) electrons. The molecule has 1 saturated heterocycles. The van der Waals surface area contributed by atoms with Crippen molar-refractivity contribution in [3.63, 3.8) is 0 Å². The molecule has 0 saturated carbocycles. The molecule has 1 heterocycles. The van der Waals surface area contributed by atoms with Gasteiger partial charge in [0.1, 0.15) is 0 Å². The van der Waals surface area contributed by atoms with Crippen LogP contribution >= 0.6 is 0 Å². The summed E-state index contributed by atoms with van der Waals surface area (Å²) in [5.74, 6) is 0. The molecule has 0 aromatic heterocycles. The number of nitrogens with one attached hydrogen (secondary N) is 1. The van der Waals surface area contributed by atoms with Gasteiger partial charge in [0, 0.05) is 12.1 Å².